The van der Waals surface area contributed by atoms with Crippen molar-refractivity contribution in [3.05, 3.63) is 29.5 Å². The van der Waals surface area contributed by atoms with Crippen molar-refractivity contribution in [1.29, 1.82) is 0 Å². The molecular weight excluding hydrogens is 274 g/mol. The number of carbonyl (C=O) groups is 1. The molecule has 0 saturated heterocycles. The van der Waals surface area contributed by atoms with Gasteiger partial charge in [-0.2, -0.15) is 0 Å². The zero-order valence-corrected chi connectivity index (χ0v) is 12.3. The van der Waals surface area contributed by atoms with Crippen molar-refractivity contribution in [1.82, 2.24) is 5.16 Å². The Morgan fingerprint density at radius 3 is 2.43 bits per heavy atom. The fourth-order valence-corrected chi connectivity index (χ4v) is 2.03. The van der Waals surface area contributed by atoms with Crippen LogP contribution in [0, 0.1) is 0 Å². The molecular formula is C15H17NO5. The summed E-state index contributed by atoms with van der Waals surface area (Å²) in [6, 6.07) is 4.50. The molecule has 112 valence electrons. The Labute approximate surface area is 122 Å². The number of methoxy groups -OCH3 is 1. The molecule has 6 heteroatoms. The van der Waals surface area contributed by atoms with Crippen LogP contribution in [0.5, 0.6) is 11.5 Å². The molecule has 0 bridgehead atoms. The van der Waals surface area contributed by atoms with E-state index in [-0.39, 0.29) is 22.6 Å². The van der Waals surface area contributed by atoms with E-state index in [2.05, 4.69) is 5.16 Å². The lowest BCUT2D eigenvalue weighted by Crippen LogP contribution is -2.11. The predicted molar refractivity (Wildman–Crippen MR) is 75.8 cm³/mol. The first-order valence-electron chi connectivity index (χ1n) is 6.36. The molecule has 0 radical (unpaired) electrons. The van der Waals surface area contributed by atoms with E-state index in [0.29, 0.717) is 11.3 Å². The Hall–Kier alpha value is -2.50. The molecule has 21 heavy (non-hydrogen) atoms. The Kier molecular flexibility index (Phi) is 3.63. The monoisotopic (exact) mass is 291 g/mol. The minimum atomic E-state index is -1.18. The van der Waals surface area contributed by atoms with Gasteiger partial charge in [-0.05, 0) is 17.5 Å². The molecule has 2 N–H and O–H groups in total. The molecule has 0 aliphatic carbocycles. The lowest BCUT2D eigenvalue weighted by atomic mass is 9.85. The Bertz CT molecular complexity index is 682. The van der Waals surface area contributed by atoms with Crippen molar-refractivity contribution in [2.45, 2.75) is 26.2 Å². The van der Waals surface area contributed by atoms with E-state index in [4.69, 9.17) is 14.4 Å². The summed E-state index contributed by atoms with van der Waals surface area (Å²) < 4.78 is 10.3. The Morgan fingerprint density at radius 1 is 1.29 bits per heavy atom. The summed E-state index contributed by atoms with van der Waals surface area (Å²) in [7, 11) is 1.50. The highest BCUT2D eigenvalue weighted by Crippen LogP contribution is 2.40. The Morgan fingerprint density at radius 2 is 1.95 bits per heavy atom. The molecule has 1 aromatic carbocycles. The van der Waals surface area contributed by atoms with E-state index in [0.717, 1.165) is 5.56 Å². The van der Waals surface area contributed by atoms with Crippen LogP contribution in [0.1, 0.15) is 36.8 Å². The lowest BCUT2D eigenvalue weighted by molar-refractivity contribution is 0.0686. The number of aromatic carboxylic acids is 1. The average molecular weight is 291 g/mol. The number of aromatic hydroxyl groups is 1. The largest absolute Gasteiger partial charge is 0.508 e. The number of aromatic nitrogens is 1. The van der Waals surface area contributed by atoms with E-state index < -0.39 is 5.97 Å². The van der Waals surface area contributed by atoms with E-state index in [1.54, 1.807) is 6.07 Å². The number of carboxylic acid groups (broad SMARTS) is 1. The van der Waals surface area contributed by atoms with Gasteiger partial charge in [-0.25, -0.2) is 4.79 Å². The summed E-state index contributed by atoms with van der Waals surface area (Å²) in [6.45, 7) is 5.91. The molecule has 6 nitrogen and oxygen atoms in total. The van der Waals surface area contributed by atoms with Crippen molar-refractivity contribution in [2.75, 3.05) is 7.11 Å². The molecule has 2 rings (SSSR count). The maximum absolute atomic E-state index is 10.8. The van der Waals surface area contributed by atoms with E-state index in [9.17, 15) is 9.90 Å². The first-order valence-corrected chi connectivity index (χ1v) is 6.36. The van der Waals surface area contributed by atoms with Gasteiger partial charge in [0.05, 0.1) is 12.7 Å². The van der Waals surface area contributed by atoms with E-state index in [1.165, 1.54) is 19.2 Å². The minimum absolute atomic E-state index is 0.0894. The number of phenolic OH excluding ortho intramolecular Hbond substituents is 1. The number of rotatable bonds is 3. The fourth-order valence-electron chi connectivity index (χ4n) is 2.03. The fraction of sp³-hybridized carbons (Fsp3) is 0.333. The summed E-state index contributed by atoms with van der Waals surface area (Å²) in [4.78, 5) is 10.8. The van der Waals surface area contributed by atoms with Crippen LogP contribution >= 0.6 is 0 Å². The number of benzene rings is 1. The third-order valence-electron chi connectivity index (χ3n) is 3.12. The molecule has 0 atom stereocenters. The first kappa shape index (κ1) is 14.9. The molecule has 0 saturated carbocycles. The normalized spacial score (nSPS) is 11.4. The summed E-state index contributed by atoms with van der Waals surface area (Å²) in [6.07, 6.45) is 0. The predicted octanol–water partition coefficient (Wildman–Crippen LogP) is 3.05. The highest BCUT2D eigenvalue weighted by molar-refractivity contribution is 5.87. The molecule has 0 aliphatic heterocycles. The smallest absolute Gasteiger partial charge is 0.358 e. The molecule has 2 aromatic rings. The van der Waals surface area contributed by atoms with Gasteiger partial charge in [0.1, 0.15) is 11.5 Å². The SMILES string of the molecule is COc1cc(C(C)(C)C)c(O)cc1-c1cc(C(=O)O)no1. The first-order chi connectivity index (χ1) is 9.74. The average Bonchev–Trinajstić information content (AvgIpc) is 2.86. The number of hydrogen-bond acceptors (Lipinski definition) is 5. The van der Waals surface area contributed by atoms with Gasteiger partial charge in [-0.15, -0.1) is 0 Å². The van der Waals surface area contributed by atoms with Crippen molar-refractivity contribution >= 4 is 5.97 Å². The molecule has 0 spiro atoms. The van der Waals surface area contributed by atoms with Gasteiger partial charge in [-0.3, -0.25) is 0 Å². The van der Waals surface area contributed by atoms with Gasteiger partial charge in [0.25, 0.3) is 0 Å². The van der Waals surface area contributed by atoms with Gasteiger partial charge in [0, 0.05) is 11.6 Å². The van der Waals surface area contributed by atoms with Crippen LogP contribution < -0.4 is 4.74 Å². The number of carboxylic acids is 1. The molecule has 0 unspecified atom stereocenters. The second-order valence-electron chi connectivity index (χ2n) is 5.70. The topological polar surface area (TPSA) is 92.8 Å². The molecule has 0 aliphatic rings. The molecule has 1 heterocycles. The number of hydrogen-bond donors (Lipinski definition) is 2. The van der Waals surface area contributed by atoms with Gasteiger partial charge in [-0.1, -0.05) is 25.9 Å². The highest BCUT2D eigenvalue weighted by Gasteiger charge is 2.23. The molecule has 0 fully saturated rings. The van der Waals surface area contributed by atoms with Crippen LogP contribution in [-0.4, -0.2) is 28.4 Å². The van der Waals surface area contributed by atoms with Crippen molar-refractivity contribution < 1.29 is 24.3 Å². The van der Waals surface area contributed by atoms with Crippen LogP contribution in [0.15, 0.2) is 22.7 Å². The highest BCUT2D eigenvalue weighted by atomic mass is 16.5. The van der Waals surface area contributed by atoms with Crippen LogP contribution in [-0.2, 0) is 5.41 Å². The minimum Gasteiger partial charge on any atom is -0.508 e. The maximum atomic E-state index is 10.8. The molecule has 0 amide bonds. The maximum Gasteiger partial charge on any atom is 0.358 e. The Balaban J connectivity index is 2.58. The van der Waals surface area contributed by atoms with Crippen LogP contribution in [0.2, 0.25) is 0 Å². The van der Waals surface area contributed by atoms with Crippen LogP contribution in [0.4, 0.5) is 0 Å². The quantitative estimate of drug-likeness (QED) is 0.902. The molecule has 1 aromatic heterocycles. The van der Waals surface area contributed by atoms with Gasteiger partial charge in [0.15, 0.2) is 11.5 Å². The van der Waals surface area contributed by atoms with Crippen molar-refractivity contribution in [2.24, 2.45) is 0 Å². The van der Waals surface area contributed by atoms with E-state index >= 15 is 0 Å². The van der Waals surface area contributed by atoms with Crippen LogP contribution in [0.25, 0.3) is 11.3 Å². The van der Waals surface area contributed by atoms with Gasteiger partial charge in [0.2, 0.25) is 0 Å². The standard InChI is InChI=1S/C15H17NO5/c1-15(2,3)9-6-12(20-4)8(5-11(9)17)13-7-10(14(18)19)16-21-13/h5-7,17H,1-4H3,(H,18,19). The number of nitrogens with zero attached hydrogens (tertiary/aromatic N) is 1. The van der Waals surface area contributed by atoms with Crippen LogP contribution in [0.3, 0.4) is 0 Å². The lowest BCUT2D eigenvalue weighted by Gasteiger charge is -2.22. The zero-order chi connectivity index (χ0) is 15.8. The van der Waals surface area contributed by atoms with Crippen molar-refractivity contribution in [3.63, 3.8) is 0 Å². The van der Waals surface area contributed by atoms with Crippen molar-refractivity contribution in [3.8, 4) is 22.8 Å². The summed E-state index contributed by atoms with van der Waals surface area (Å²) >= 11 is 0. The third kappa shape index (κ3) is 2.84. The third-order valence-corrected chi connectivity index (χ3v) is 3.12. The van der Waals surface area contributed by atoms with Gasteiger partial charge < -0.3 is 19.5 Å². The summed E-state index contributed by atoms with van der Waals surface area (Å²) in [5, 5.41) is 22.5. The second kappa shape index (κ2) is 5.12. The summed E-state index contributed by atoms with van der Waals surface area (Å²) in [5.74, 6) is -0.392. The number of ether oxygens (including phenoxy) is 1. The zero-order valence-electron chi connectivity index (χ0n) is 12.3. The second-order valence-corrected chi connectivity index (χ2v) is 5.70. The number of phenols is 1. The van der Waals surface area contributed by atoms with E-state index in [1.807, 2.05) is 20.8 Å². The summed E-state index contributed by atoms with van der Waals surface area (Å²) in [5.41, 5.74) is 0.708. The van der Waals surface area contributed by atoms with Gasteiger partial charge >= 0.3 is 5.97 Å².